The molecule has 0 heterocycles. The van der Waals surface area contributed by atoms with Crippen LogP contribution in [0.3, 0.4) is 0 Å². The summed E-state index contributed by atoms with van der Waals surface area (Å²) in [5, 5.41) is 18.8. The molecule has 0 amide bonds. The lowest BCUT2D eigenvalue weighted by Crippen LogP contribution is -2.15. The highest BCUT2D eigenvalue weighted by Crippen LogP contribution is 2.10. The van der Waals surface area contributed by atoms with Crippen molar-refractivity contribution in [2.24, 2.45) is 0 Å². The summed E-state index contributed by atoms with van der Waals surface area (Å²) in [4.78, 5) is 11.0. The van der Waals surface area contributed by atoms with Crippen LogP contribution in [0.2, 0.25) is 0 Å². The van der Waals surface area contributed by atoms with Crippen LogP contribution in [-0.2, 0) is 9.53 Å². The monoisotopic (exact) mass is 232 g/mol. The predicted octanol–water partition coefficient (Wildman–Crippen LogP) is 1.63. The molecule has 0 saturated heterocycles. The first-order chi connectivity index (χ1) is 7.60. The molecule has 4 heteroatoms. The van der Waals surface area contributed by atoms with Crippen LogP contribution in [0.4, 0.5) is 0 Å². The fourth-order valence-corrected chi connectivity index (χ4v) is 1.48. The van der Waals surface area contributed by atoms with Gasteiger partial charge in [0.25, 0.3) is 0 Å². The normalized spacial score (nSPS) is 14.5. The Kier molecular flexibility index (Phi) is 9.24. The fraction of sp³-hybridized carbons (Fsp3) is 0.917. The predicted molar refractivity (Wildman–Crippen MR) is 62.0 cm³/mol. The molecular weight excluding hydrogens is 208 g/mol. The van der Waals surface area contributed by atoms with Crippen molar-refractivity contribution in [1.82, 2.24) is 0 Å². The lowest BCUT2D eigenvalue weighted by molar-refractivity contribution is -0.145. The van der Waals surface area contributed by atoms with E-state index in [1.54, 1.807) is 6.92 Å². The van der Waals surface area contributed by atoms with E-state index in [4.69, 9.17) is 4.74 Å². The van der Waals surface area contributed by atoms with E-state index in [-0.39, 0.29) is 18.5 Å². The zero-order valence-electron chi connectivity index (χ0n) is 10.3. The van der Waals surface area contributed by atoms with E-state index in [9.17, 15) is 15.0 Å². The first-order valence-corrected chi connectivity index (χ1v) is 6.11. The summed E-state index contributed by atoms with van der Waals surface area (Å²) in [6, 6.07) is 0. The highest BCUT2D eigenvalue weighted by molar-refractivity contribution is 5.69. The average molecular weight is 232 g/mol. The van der Waals surface area contributed by atoms with Gasteiger partial charge in [0.2, 0.25) is 0 Å². The van der Waals surface area contributed by atoms with Gasteiger partial charge in [-0.05, 0) is 26.2 Å². The van der Waals surface area contributed by atoms with E-state index >= 15 is 0 Å². The summed E-state index contributed by atoms with van der Waals surface area (Å²) in [6.07, 6.45) is 3.07. The van der Waals surface area contributed by atoms with Crippen LogP contribution in [0.25, 0.3) is 0 Å². The molecule has 2 N–H and O–H groups in total. The molecule has 2 atom stereocenters. The van der Waals surface area contributed by atoms with E-state index in [2.05, 4.69) is 0 Å². The van der Waals surface area contributed by atoms with Gasteiger partial charge < -0.3 is 14.9 Å². The molecule has 16 heavy (non-hydrogen) atoms. The van der Waals surface area contributed by atoms with Crippen molar-refractivity contribution in [3.8, 4) is 0 Å². The fourth-order valence-electron chi connectivity index (χ4n) is 1.48. The number of rotatable bonds is 9. The minimum atomic E-state index is -0.613. The van der Waals surface area contributed by atoms with E-state index in [0.717, 1.165) is 25.7 Å². The van der Waals surface area contributed by atoms with Gasteiger partial charge in [-0.25, -0.2) is 0 Å². The zero-order chi connectivity index (χ0) is 12.4. The molecule has 4 nitrogen and oxygen atoms in total. The molecule has 0 radical (unpaired) electrons. The van der Waals surface area contributed by atoms with Crippen molar-refractivity contribution >= 4 is 5.97 Å². The summed E-state index contributed by atoms with van der Waals surface area (Å²) in [5.41, 5.74) is 0. The molecule has 0 aromatic rings. The molecule has 0 fully saturated rings. The second-order valence-electron chi connectivity index (χ2n) is 4.01. The number of carbonyl (C=O) groups excluding carboxylic acids is 1. The number of ether oxygens (including phenoxy) is 1. The third-order valence-electron chi connectivity index (χ3n) is 2.50. The van der Waals surface area contributed by atoms with Gasteiger partial charge in [0.1, 0.15) is 0 Å². The molecular formula is C12H24O4. The van der Waals surface area contributed by atoms with Gasteiger partial charge >= 0.3 is 5.97 Å². The lowest BCUT2D eigenvalue weighted by Gasteiger charge is -2.10. The molecule has 0 spiro atoms. The summed E-state index contributed by atoms with van der Waals surface area (Å²) in [5.74, 6) is -0.344. The van der Waals surface area contributed by atoms with Crippen LogP contribution in [0.1, 0.15) is 52.4 Å². The number of aliphatic hydroxyl groups is 2. The molecule has 0 rings (SSSR count). The third-order valence-corrected chi connectivity index (χ3v) is 2.50. The van der Waals surface area contributed by atoms with Gasteiger partial charge in [-0.2, -0.15) is 0 Å². The minimum absolute atomic E-state index is 0.0736. The summed E-state index contributed by atoms with van der Waals surface area (Å²) >= 11 is 0. The van der Waals surface area contributed by atoms with Gasteiger partial charge in [-0.3, -0.25) is 4.79 Å². The summed E-state index contributed by atoms with van der Waals surface area (Å²) < 4.78 is 4.74. The van der Waals surface area contributed by atoms with Gasteiger partial charge in [0.05, 0.1) is 25.2 Å². The van der Waals surface area contributed by atoms with Crippen molar-refractivity contribution < 1.29 is 19.7 Å². The Morgan fingerprint density at radius 3 is 2.19 bits per heavy atom. The first kappa shape index (κ1) is 15.4. The maximum Gasteiger partial charge on any atom is 0.308 e. The Balaban J connectivity index is 3.43. The maximum absolute atomic E-state index is 11.0. The summed E-state index contributed by atoms with van der Waals surface area (Å²) in [6.45, 7) is 4.05. The second-order valence-corrected chi connectivity index (χ2v) is 4.01. The maximum atomic E-state index is 11.0. The van der Waals surface area contributed by atoms with Gasteiger partial charge in [0, 0.05) is 0 Å². The summed E-state index contributed by atoms with van der Waals surface area (Å²) in [7, 11) is 0. The van der Waals surface area contributed by atoms with E-state index in [1.165, 1.54) is 0 Å². The molecule has 0 bridgehead atoms. The molecule has 0 aromatic heterocycles. The molecule has 96 valence electrons. The van der Waals surface area contributed by atoms with Crippen LogP contribution < -0.4 is 0 Å². The number of unbranched alkanes of at least 4 members (excludes halogenated alkanes) is 1. The molecule has 0 aliphatic rings. The number of esters is 1. The highest BCUT2D eigenvalue weighted by Gasteiger charge is 2.11. The minimum Gasteiger partial charge on any atom is -0.466 e. The quantitative estimate of drug-likeness (QED) is 0.468. The zero-order valence-corrected chi connectivity index (χ0v) is 10.3. The van der Waals surface area contributed by atoms with Crippen LogP contribution in [-0.4, -0.2) is 35.0 Å². The number of aliphatic hydroxyl groups excluding tert-OH is 2. The second kappa shape index (κ2) is 9.60. The smallest absolute Gasteiger partial charge is 0.308 e. The molecule has 0 saturated carbocycles. The molecule has 2 unspecified atom stereocenters. The Morgan fingerprint density at radius 2 is 1.69 bits per heavy atom. The molecule has 0 aliphatic carbocycles. The third kappa shape index (κ3) is 8.68. The van der Waals surface area contributed by atoms with Crippen molar-refractivity contribution in [2.75, 3.05) is 6.61 Å². The van der Waals surface area contributed by atoms with Crippen molar-refractivity contribution in [3.05, 3.63) is 0 Å². The Bertz CT molecular complexity index is 182. The largest absolute Gasteiger partial charge is 0.466 e. The van der Waals surface area contributed by atoms with Crippen molar-refractivity contribution in [2.45, 2.75) is 64.6 Å². The van der Waals surface area contributed by atoms with Crippen molar-refractivity contribution in [1.29, 1.82) is 0 Å². The van der Waals surface area contributed by atoms with Crippen molar-refractivity contribution in [3.63, 3.8) is 0 Å². The number of carbonyl (C=O) groups is 1. The number of hydrogen-bond acceptors (Lipinski definition) is 4. The van der Waals surface area contributed by atoms with Gasteiger partial charge in [0.15, 0.2) is 0 Å². The number of hydrogen-bond donors (Lipinski definition) is 2. The SMILES string of the molecule is CCOC(=O)CC(O)CCCCC(O)CC. The molecule has 0 aliphatic heterocycles. The first-order valence-electron chi connectivity index (χ1n) is 6.11. The van der Waals surface area contributed by atoms with Gasteiger partial charge in [-0.1, -0.05) is 19.8 Å². The van der Waals surface area contributed by atoms with Crippen LogP contribution >= 0.6 is 0 Å². The van der Waals surface area contributed by atoms with Gasteiger partial charge in [-0.15, -0.1) is 0 Å². The van der Waals surface area contributed by atoms with E-state index < -0.39 is 6.10 Å². The highest BCUT2D eigenvalue weighted by atomic mass is 16.5. The molecule has 0 aromatic carbocycles. The Hall–Kier alpha value is -0.610. The van der Waals surface area contributed by atoms with E-state index in [0.29, 0.717) is 13.0 Å². The van der Waals surface area contributed by atoms with Crippen LogP contribution in [0.5, 0.6) is 0 Å². The Labute approximate surface area is 97.6 Å². The lowest BCUT2D eigenvalue weighted by atomic mass is 10.0. The topological polar surface area (TPSA) is 66.8 Å². The Morgan fingerprint density at radius 1 is 1.12 bits per heavy atom. The van der Waals surface area contributed by atoms with Crippen LogP contribution in [0, 0.1) is 0 Å². The van der Waals surface area contributed by atoms with E-state index in [1.807, 2.05) is 6.92 Å². The standard InChI is InChI=1S/C12H24O4/c1-3-10(13)7-5-6-8-11(14)9-12(15)16-4-2/h10-11,13-14H,3-9H2,1-2H3. The average Bonchev–Trinajstić information content (AvgIpc) is 2.24. The van der Waals surface area contributed by atoms with Crippen LogP contribution in [0.15, 0.2) is 0 Å².